The van der Waals surface area contributed by atoms with Crippen LogP contribution in [0.25, 0.3) is 22.3 Å². The number of esters is 1. The number of aliphatic carboxylic acids is 1. The molecule has 0 fully saturated rings. The second-order valence-corrected chi connectivity index (χ2v) is 21.6. The van der Waals surface area contributed by atoms with Gasteiger partial charge in [0.15, 0.2) is 0 Å². The van der Waals surface area contributed by atoms with E-state index >= 15 is 0 Å². The van der Waals surface area contributed by atoms with Crippen LogP contribution >= 0.6 is 46.4 Å². The van der Waals surface area contributed by atoms with Gasteiger partial charge in [-0.25, -0.2) is 19.6 Å². The molecule has 486 valence electrons. The van der Waals surface area contributed by atoms with Gasteiger partial charge in [0.1, 0.15) is 18.7 Å². The van der Waals surface area contributed by atoms with Crippen molar-refractivity contribution in [2.45, 2.75) is 31.5 Å². The zero-order valence-electron chi connectivity index (χ0n) is 48.4. The number of carboxylic acid groups (broad SMARTS) is 1. The predicted molar refractivity (Wildman–Crippen MR) is 364 cm³/mol. The maximum atomic E-state index is 13.4. The first-order valence-electron chi connectivity index (χ1n) is 28.3. The number of carbonyl (C=O) groups excluding carboxylic acids is 7. The predicted octanol–water partition coefficient (Wildman–Crippen LogP) is 10.8. The molecule has 2 heterocycles. The molecule has 7 aromatic carbocycles. The quantitative estimate of drug-likeness (QED) is 0.0285. The van der Waals surface area contributed by atoms with Crippen molar-refractivity contribution >= 4 is 117 Å². The van der Waals surface area contributed by atoms with E-state index in [1.807, 2.05) is 66.7 Å². The number of nitrogens with zero attached hydrogens (tertiary/aromatic N) is 2. The van der Waals surface area contributed by atoms with E-state index < -0.39 is 79.1 Å². The summed E-state index contributed by atoms with van der Waals surface area (Å²) in [4.78, 5) is 110. The zero-order chi connectivity index (χ0) is 64.7. The molecule has 22 nitrogen and oxygen atoms in total. The largest absolute Gasteiger partial charge is 0.480 e. The maximum absolute atomic E-state index is 13.4. The van der Waals surface area contributed by atoms with Crippen molar-refractivity contribution in [1.29, 1.82) is 0 Å². The Morgan fingerprint density at radius 1 is 0.484 bits per heavy atom. The molecule has 0 aromatic heterocycles. The third kappa shape index (κ3) is 20.3. The Kier molecular flexibility index (Phi) is 24.7. The van der Waals surface area contributed by atoms with Crippen molar-refractivity contribution in [3.8, 4) is 22.3 Å². The second-order valence-electron chi connectivity index (χ2n) is 20.0. The Bertz CT molecular complexity index is 3840. The first-order valence-corrected chi connectivity index (χ1v) is 29.8. The van der Waals surface area contributed by atoms with Crippen molar-refractivity contribution in [3.63, 3.8) is 0 Å². The third-order valence-corrected chi connectivity index (χ3v) is 14.5. The van der Waals surface area contributed by atoms with Crippen LogP contribution in [-0.2, 0) is 40.0 Å². The maximum Gasteiger partial charge on any atom is 0.330 e. The van der Waals surface area contributed by atoms with E-state index in [-0.39, 0.29) is 61.3 Å². The number of nitrogens with one attached hydrogen (secondary N) is 8. The molecule has 0 saturated heterocycles. The van der Waals surface area contributed by atoms with Gasteiger partial charge < -0.3 is 61.9 Å². The Labute approximate surface area is 554 Å². The van der Waals surface area contributed by atoms with Gasteiger partial charge in [0, 0.05) is 72.9 Å². The minimum Gasteiger partial charge on any atom is -0.480 e. The highest BCUT2D eigenvalue weighted by molar-refractivity contribution is 6.41. The lowest BCUT2D eigenvalue weighted by Gasteiger charge is -2.20. The van der Waals surface area contributed by atoms with E-state index in [4.69, 9.17) is 60.6 Å². The second kappa shape index (κ2) is 33.5. The number of anilines is 2. The van der Waals surface area contributed by atoms with E-state index in [9.17, 15) is 43.5 Å². The standard InChI is InChI=1S/C36H33Cl2N5O6.C29H27Cl2N5O6.8H2/c37-28-18-26(24-11-5-2-6-12-24)19-29(38)32(28)34(46)43-30(35(47)49-22-23-9-3-1-4-10-23)20-40-31(44)21-41-33(45)25-13-7-14-27(17-25)42-36-39-15-8-16-48-36;30-21-13-19(17-6-2-1-3-7-17)14-22(31)25(21)27(39)36-23(28(40)41)15-33-24(37)16-34-26(38)18-8-4-9-20(12-18)35-29-32-10-5-11-42-29;;;;;;;;/h1-7,9-14,17-19,30H,8,15-16,20-22H2,(H,39,42)(H,40,44)(H,41,45)(H,43,46);1-4,6-9,12-14,23H,5,10-11,15-16H2,(H,32,35)(H,33,37)(H,34,38)(H,36,39)(H,40,41);8*1H/t30-;23-;;;;;;;;/m00......../s1. The summed E-state index contributed by atoms with van der Waals surface area (Å²) in [7, 11) is 0. The number of hydrogen-bond donors (Lipinski definition) is 9. The van der Waals surface area contributed by atoms with Crippen LogP contribution in [0.5, 0.6) is 0 Å². The summed E-state index contributed by atoms with van der Waals surface area (Å²) in [6.45, 7) is 0.731. The number of amidine groups is 2. The number of carbonyl (C=O) groups is 8. The minimum absolute atomic E-state index is 0. The highest BCUT2D eigenvalue weighted by atomic mass is 35.5. The van der Waals surface area contributed by atoms with Gasteiger partial charge in [-0.05, 0) is 88.5 Å². The SMILES string of the molecule is O=C(CNC(=O)c1cccc(NC2=NCCCO2)c1)NC[C@H](NC(=O)c1c(Cl)cc(-c2ccccc2)cc1Cl)C(=O)O.O=C(CNC(=O)c1cccc(NC2=NCCCO2)c1)NC[C@H](NC(=O)c1c(Cl)cc(-c2ccccc2)cc1Cl)C(=O)OCc1ccccc1.[HH].[HH].[HH].[HH].[HH].[HH].[HH].[HH]. The number of aliphatic imine (C=N–C) groups is 2. The van der Waals surface area contributed by atoms with Gasteiger partial charge in [-0.15, -0.1) is 0 Å². The molecule has 6 amide bonds. The van der Waals surface area contributed by atoms with Gasteiger partial charge in [-0.1, -0.05) is 150 Å². The third-order valence-electron chi connectivity index (χ3n) is 13.3. The van der Waals surface area contributed by atoms with Crippen molar-refractivity contribution in [1.82, 2.24) is 31.9 Å². The van der Waals surface area contributed by atoms with E-state index in [0.717, 1.165) is 29.5 Å². The summed E-state index contributed by atoms with van der Waals surface area (Å²) in [5.74, 6) is -6.04. The number of rotatable bonds is 22. The monoisotopic (exact) mass is 1330 g/mol. The molecule has 0 bridgehead atoms. The van der Waals surface area contributed by atoms with Gasteiger partial charge >= 0.3 is 11.9 Å². The summed E-state index contributed by atoms with van der Waals surface area (Å²) in [5.41, 5.74) is 5.43. The first kappa shape index (κ1) is 66.9. The fourth-order valence-electron chi connectivity index (χ4n) is 8.73. The van der Waals surface area contributed by atoms with Gasteiger partial charge in [0.2, 0.25) is 11.8 Å². The molecule has 0 aliphatic carbocycles. The minimum atomic E-state index is -1.49. The molecule has 91 heavy (non-hydrogen) atoms. The average Bonchev–Trinajstić information content (AvgIpc) is 0.825. The van der Waals surface area contributed by atoms with Crippen molar-refractivity contribution < 1.29 is 69.1 Å². The molecule has 0 unspecified atom stereocenters. The topological polar surface area (TPSA) is 305 Å². The zero-order valence-corrected chi connectivity index (χ0v) is 51.4. The van der Waals surface area contributed by atoms with Crippen LogP contribution in [0.2, 0.25) is 20.1 Å². The van der Waals surface area contributed by atoms with Crippen LogP contribution in [0.15, 0.2) is 174 Å². The molecule has 0 radical (unpaired) electrons. The Morgan fingerprint density at radius 2 is 0.890 bits per heavy atom. The van der Waals surface area contributed by atoms with Gasteiger partial charge in [0.25, 0.3) is 35.7 Å². The highest BCUT2D eigenvalue weighted by Gasteiger charge is 2.28. The summed E-state index contributed by atoms with van der Waals surface area (Å²) < 4.78 is 16.3. The number of benzene rings is 7. The fourth-order valence-corrected chi connectivity index (χ4v) is 10.1. The first-order chi connectivity index (χ1) is 44.0. The van der Waals surface area contributed by atoms with Crippen LogP contribution < -0.4 is 42.5 Å². The van der Waals surface area contributed by atoms with Gasteiger partial charge in [-0.2, -0.15) is 0 Å². The van der Waals surface area contributed by atoms with Crippen LogP contribution in [0.1, 0.15) is 71.3 Å². The van der Waals surface area contributed by atoms with Crippen LogP contribution in [0, 0.1) is 0 Å². The van der Waals surface area contributed by atoms with Crippen LogP contribution in [0.4, 0.5) is 11.4 Å². The summed E-state index contributed by atoms with van der Waals surface area (Å²) >= 11 is 25.7. The van der Waals surface area contributed by atoms with E-state index in [2.05, 4.69) is 52.5 Å². The molecular weight excluding hydrogens is 1250 g/mol. The molecule has 7 aromatic rings. The van der Waals surface area contributed by atoms with E-state index in [1.165, 1.54) is 0 Å². The molecule has 26 heteroatoms. The number of hydrogen-bond acceptors (Lipinski definition) is 15. The van der Waals surface area contributed by atoms with Crippen molar-refractivity contribution in [3.05, 3.63) is 212 Å². The van der Waals surface area contributed by atoms with E-state index in [1.54, 1.807) is 97.1 Å². The van der Waals surface area contributed by atoms with Crippen molar-refractivity contribution in [2.24, 2.45) is 9.98 Å². The Morgan fingerprint density at radius 3 is 1.30 bits per heavy atom. The smallest absolute Gasteiger partial charge is 0.330 e. The lowest BCUT2D eigenvalue weighted by Crippen LogP contribution is -2.50. The van der Waals surface area contributed by atoms with Crippen molar-refractivity contribution in [2.75, 3.05) is 63.1 Å². The number of halogens is 4. The molecule has 9 N–H and O–H groups in total. The summed E-state index contributed by atoms with van der Waals surface area (Å²) in [6.07, 6.45) is 1.67. The Hall–Kier alpha value is -10.0. The molecule has 2 aliphatic heterocycles. The van der Waals surface area contributed by atoms with Crippen LogP contribution in [-0.4, -0.2) is 129 Å². The molecule has 0 spiro atoms. The summed E-state index contributed by atoms with van der Waals surface area (Å²) in [5, 5.41) is 30.7. The molecule has 2 atom stereocenters. The summed E-state index contributed by atoms with van der Waals surface area (Å²) in [6, 6.07) is 45.0. The fraction of sp³-hybridized carbons (Fsp3) is 0.200. The average molecular weight is 1330 g/mol. The van der Waals surface area contributed by atoms with Gasteiger partial charge in [-0.3, -0.25) is 28.8 Å². The van der Waals surface area contributed by atoms with Crippen LogP contribution in [0.3, 0.4) is 0 Å². The molecular formula is C65H76Cl4N10O12. The molecule has 0 saturated carbocycles. The van der Waals surface area contributed by atoms with Gasteiger partial charge in [0.05, 0.1) is 57.5 Å². The normalized spacial score (nSPS) is 13.0. The number of carboxylic acids is 1. The lowest BCUT2D eigenvalue weighted by molar-refractivity contribution is -0.147. The highest BCUT2D eigenvalue weighted by Crippen LogP contribution is 2.33. The molecule has 2 aliphatic rings. The number of amides is 6. The Balaban J connectivity index is 0.00000181. The van der Waals surface area contributed by atoms with E-state index in [0.29, 0.717) is 66.4 Å². The molecule has 9 rings (SSSR count). The lowest BCUT2D eigenvalue weighted by atomic mass is 10.0. The number of ether oxygens (including phenoxy) is 3.